The fourth-order valence-corrected chi connectivity index (χ4v) is 1.92. The number of nitrogen functional groups attached to an aromatic ring is 1. The molecule has 0 saturated carbocycles. The molecule has 0 aliphatic carbocycles. The zero-order chi connectivity index (χ0) is 13.8. The van der Waals surface area contributed by atoms with Crippen molar-refractivity contribution in [1.82, 2.24) is 0 Å². The first kappa shape index (κ1) is 13.2. The lowest BCUT2D eigenvalue weighted by molar-refractivity contribution is 0.100. The zero-order valence-electron chi connectivity index (χ0n) is 10.2. The molecule has 0 bridgehead atoms. The van der Waals surface area contributed by atoms with Crippen LogP contribution in [0.2, 0.25) is 5.02 Å². The molecule has 1 amide bonds. The van der Waals surface area contributed by atoms with Gasteiger partial charge in [-0.15, -0.1) is 0 Å². The molecule has 5 heteroatoms. The van der Waals surface area contributed by atoms with Gasteiger partial charge in [0.15, 0.2) is 0 Å². The van der Waals surface area contributed by atoms with Gasteiger partial charge in [0.2, 0.25) is 5.91 Å². The van der Waals surface area contributed by atoms with Crippen molar-refractivity contribution >= 4 is 28.9 Å². The van der Waals surface area contributed by atoms with Gasteiger partial charge in [0, 0.05) is 17.1 Å². The second-order valence-corrected chi connectivity index (χ2v) is 4.59. The summed E-state index contributed by atoms with van der Waals surface area (Å²) in [6.45, 7) is 0.562. The molecule has 4 nitrogen and oxygen atoms in total. The average Bonchev–Trinajstić information content (AvgIpc) is 2.37. The Hall–Kier alpha value is -2.20. The van der Waals surface area contributed by atoms with Gasteiger partial charge < -0.3 is 16.8 Å². The Morgan fingerprint density at radius 1 is 1.21 bits per heavy atom. The van der Waals surface area contributed by atoms with Crippen LogP contribution in [0.5, 0.6) is 0 Å². The highest BCUT2D eigenvalue weighted by atomic mass is 35.5. The molecule has 98 valence electrons. The Labute approximate surface area is 116 Å². The van der Waals surface area contributed by atoms with Crippen LogP contribution in [0.25, 0.3) is 0 Å². The van der Waals surface area contributed by atoms with Gasteiger partial charge in [-0.3, -0.25) is 4.79 Å². The van der Waals surface area contributed by atoms with E-state index in [0.29, 0.717) is 28.5 Å². The van der Waals surface area contributed by atoms with Crippen LogP contribution in [-0.2, 0) is 6.54 Å². The first-order valence-corrected chi connectivity index (χ1v) is 6.11. The molecule has 0 fully saturated rings. The molecule has 0 aliphatic heterocycles. The molecule has 0 atom stereocenters. The predicted molar refractivity (Wildman–Crippen MR) is 78.2 cm³/mol. The number of primary amides is 1. The number of nitrogens with one attached hydrogen (secondary N) is 1. The number of rotatable bonds is 4. The van der Waals surface area contributed by atoms with Gasteiger partial charge in [-0.2, -0.15) is 0 Å². The van der Waals surface area contributed by atoms with Crippen LogP contribution in [0.1, 0.15) is 15.9 Å². The summed E-state index contributed by atoms with van der Waals surface area (Å²) in [6.07, 6.45) is 0. The van der Waals surface area contributed by atoms with Gasteiger partial charge in [-0.25, -0.2) is 0 Å². The number of halogens is 1. The Bertz CT molecular complexity index is 613. The molecular formula is C14H14ClN3O. The Morgan fingerprint density at radius 3 is 2.68 bits per heavy atom. The summed E-state index contributed by atoms with van der Waals surface area (Å²) in [4.78, 5) is 11.1. The van der Waals surface area contributed by atoms with Crippen LogP contribution in [-0.4, -0.2) is 5.91 Å². The summed E-state index contributed by atoms with van der Waals surface area (Å²) in [5, 5.41) is 3.84. The molecule has 0 spiro atoms. The smallest absolute Gasteiger partial charge is 0.248 e. The van der Waals surface area contributed by atoms with Gasteiger partial charge in [-0.1, -0.05) is 23.7 Å². The maximum absolute atomic E-state index is 11.1. The highest BCUT2D eigenvalue weighted by Gasteiger charge is 2.05. The summed E-state index contributed by atoms with van der Waals surface area (Å²) in [5.74, 6) is -0.481. The maximum Gasteiger partial charge on any atom is 0.248 e. The fraction of sp³-hybridized carbons (Fsp3) is 0.0714. The van der Waals surface area contributed by atoms with E-state index in [1.54, 1.807) is 18.2 Å². The number of carbonyl (C=O) groups excluding carboxylic acids is 1. The summed E-state index contributed by atoms with van der Waals surface area (Å²) in [6, 6.07) is 12.4. The van der Waals surface area contributed by atoms with E-state index in [0.717, 1.165) is 5.56 Å². The zero-order valence-corrected chi connectivity index (χ0v) is 10.9. The Morgan fingerprint density at radius 2 is 2.00 bits per heavy atom. The quantitative estimate of drug-likeness (QED) is 0.750. The van der Waals surface area contributed by atoms with Gasteiger partial charge in [0.1, 0.15) is 0 Å². The molecule has 19 heavy (non-hydrogen) atoms. The summed E-state index contributed by atoms with van der Waals surface area (Å²) < 4.78 is 0. The lowest BCUT2D eigenvalue weighted by Crippen LogP contribution is -2.12. The number of hydrogen-bond acceptors (Lipinski definition) is 3. The average molecular weight is 276 g/mol. The van der Waals surface area contributed by atoms with E-state index in [9.17, 15) is 4.79 Å². The van der Waals surface area contributed by atoms with Crippen LogP contribution < -0.4 is 16.8 Å². The molecule has 2 aromatic carbocycles. The first-order chi connectivity index (χ1) is 9.06. The normalized spacial score (nSPS) is 10.2. The summed E-state index contributed by atoms with van der Waals surface area (Å²) in [7, 11) is 0. The lowest BCUT2D eigenvalue weighted by atomic mass is 10.1. The van der Waals surface area contributed by atoms with E-state index >= 15 is 0 Å². The SMILES string of the molecule is NC(=O)c1ccc(N)c(NCc2cccc(Cl)c2)c1. The Kier molecular flexibility index (Phi) is 3.92. The number of amides is 1. The predicted octanol–water partition coefficient (Wildman–Crippen LogP) is 2.63. The van der Waals surface area contributed by atoms with Crippen molar-refractivity contribution in [2.45, 2.75) is 6.54 Å². The van der Waals surface area contributed by atoms with E-state index in [4.69, 9.17) is 23.1 Å². The minimum absolute atomic E-state index is 0.419. The molecular weight excluding hydrogens is 262 g/mol. The van der Waals surface area contributed by atoms with Gasteiger partial charge in [0.05, 0.1) is 11.4 Å². The standard InChI is InChI=1S/C14H14ClN3O/c15-11-3-1-2-9(6-11)8-18-13-7-10(14(17)19)4-5-12(13)16/h1-7,18H,8,16H2,(H2,17,19). The third-order valence-electron chi connectivity index (χ3n) is 2.71. The highest BCUT2D eigenvalue weighted by Crippen LogP contribution is 2.21. The van der Waals surface area contributed by atoms with Crippen molar-refractivity contribution in [1.29, 1.82) is 0 Å². The molecule has 2 aromatic rings. The number of carbonyl (C=O) groups is 1. The third-order valence-corrected chi connectivity index (χ3v) is 2.94. The highest BCUT2D eigenvalue weighted by molar-refractivity contribution is 6.30. The largest absolute Gasteiger partial charge is 0.397 e. The van der Waals surface area contributed by atoms with E-state index in [1.807, 2.05) is 24.3 Å². The number of hydrogen-bond donors (Lipinski definition) is 3. The maximum atomic E-state index is 11.1. The van der Waals surface area contributed by atoms with Crippen molar-refractivity contribution in [3.63, 3.8) is 0 Å². The molecule has 0 radical (unpaired) electrons. The number of benzene rings is 2. The second-order valence-electron chi connectivity index (χ2n) is 4.15. The number of anilines is 2. The Balaban J connectivity index is 2.15. The van der Waals surface area contributed by atoms with Crippen LogP contribution in [0.15, 0.2) is 42.5 Å². The van der Waals surface area contributed by atoms with E-state index in [-0.39, 0.29) is 0 Å². The van der Waals surface area contributed by atoms with E-state index in [1.165, 1.54) is 0 Å². The van der Waals surface area contributed by atoms with Crippen molar-refractivity contribution < 1.29 is 4.79 Å². The van der Waals surface area contributed by atoms with Crippen molar-refractivity contribution in [2.24, 2.45) is 5.73 Å². The molecule has 5 N–H and O–H groups in total. The molecule has 0 aliphatic rings. The molecule has 0 saturated heterocycles. The van der Waals surface area contributed by atoms with E-state index < -0.39 is 5.91 Å². The van der Waals surface area contributed by atoms with Crippen molar-refractivity contribution in [3.8, 4) is 0 Å². The molecule has 0 unspecified atom stereocenters. The minimum Gasteiger partial charge on any atom is -0.397 e. The van der Waals surface area contributed by atoms with Crippen LogP contribution >= 0.6 is 11.6 Å². The van der Waals surface area contributed by atoms with Crippen LogP contribution in [0.3, 0.4) is 0 Å². The molecule has 2 rings (SSSR count). The first-order valence-electron chi connectivity index (χ1n) is 5.74. The topological polar surface area (TPSA) is 81.1 Å². The van der Waals surface area contributed by atoms with Gasteiger partial charge >= 0.3 is 0 Å². The monoisotopic (exact) mass is 275 g/mol. The van der Waals surface area contributed by atoms with Gasteiger partial charge in [-0.05, 0) is 35.9 Å². The van der Waals surface area contributed by atoms with Gasteiger partial charge in [0.25, 0.3) is 0 Å². The molecule has 0 aromatic heterocycles. The lowest BCUT2D eigenvalue weighted by Gasteiger charge is -2.10. The molecule has 0 heterocycles. The van der Waals surface area contributed by atoms with Crippen molar-refractivity contribution in [3.05, 3.63) is 58.6 Å². The summed E-state index contributed by atoms with van der Waals surface area (Å²) >= 11 is 5.91. The van der Waals surface area contributed by atoms with Crippen LogP contribution in [0.4, 0.5) is 11.4 Å². The van der Waals surface area contributed by atoms with Crippen LogP contribution in [0, 0.1) is 0 Å². The van der Waals surface area contributed by atoms with E-state index in [2.05, 4.69) is 5.32 Å². The van der Waals surface area contributed by atoms with Crippen molar-refractivity contribution in [2.75, 3.05) is 11.1 Å². The fourth-order valence-electron chi connectivity index (χ4n) is 1.71. The second kappa shape index (κ2) is 5.63. The third kappa shape index (κ3) is 3.39. The minimum atomic E-state index is -0.481. The number of nitrogens with two attached hydrogens (primary N) is 2. The summed E-state index contributed by atoms with van der Waals surface area (Å²) in [5.41, 5.74) is 13.8.